The number of carboxylic acid groups (broad SMARTS) is 1. The number of ether oxygens (including phenoxy) is 1. The summed E-state index contributed by atoms with van der Waals surface area (Å²) in [6, 6.07) is 22.2. The van der Waals surface area contributed by atoms with E-state index >= 15 is 0 Å². The number of thioether (sulfide) groups is 1. The third-order valence-electron chi connectivity index (χ3n) is 5.94. The van der Waals surface area contributed by atoms with Crippen LogP contribution in [0.2, 0.25) is 0 Å². The lowest BCUT2D eigenvalue weighted by molar-refractivity contribution is -0.137. The lowest BCUT2D eigenvalue weighted by atomic mass is 9.98. The molecule has 4 rings (SSSR count). The smallest absolute Gasteiger partial charge is 0.407 e. The molecule has 3 aromatic carbocycles. The van der Waals surface area contributed by atoms with E-state index in [1.54, 1.807) is 6.07 Å². The van der Waals surface area contributed by atoms with Crippen molar-refractivity contribution in [2.24, 2.45) is 0 Å². The van der Waals surface area contributed by atoms with Crippen LogP contribution in [0, 0.1) is 0 Å². The zero-order chi connectivity index (χ0) is 24.8. The minimum Gasteiger partial charge on any atom is -0.481 e. The Kier molecular flexibility index (Phi) is 7.72. The van der Waals surface area contributed by atoms with Gasteiger partial charge in [0.1, 0.15) is 12.6 Å². The Morgan fingerprint density at radius 1 is 0.971 bits per heavy atom. The van der Waals surface area contributed by atoms with Crippen molar-refractivity contribution in [2.75, 3.05) is 18.2 Å². The first-order chi connectivity index (χ1) is 17.0. The molecule has 3 N–H and O–H groups in total. The van der Waals surface area contributed by atoms with Crippen molar-refractivity contribution in [3.63, 3.8) is 0 Å². The van der Waals surface area contributed by atoms with E-state index in [2.05, 4.69) is 10.6 Å². The van der Waals surface area contributed by atoms with Crippen molar-refractivity contribution in [1.29, 1.82) is 0 Å². The molecule has 8 heteroatoms. The van der Waals surface area contributed by atoms with Crippen molar-refractivity contribution < 1.29 is 24.2 Å². The number of alkyl carbamates (subject to hydrolysis) is 1. The number of carboxylic acids is 1. The number of rotatable bonds is 9. The Bertz CT molecular complexity index is 1200. The second-order valence-corrected chi connectivity index (χ2v) is 9.06. The van der Waals surface area contributed by atoms with Gasteiger partial charge in [-0.25, -0.2) is 4.79 Å². The van der Waals surface area contributed by atoms with E-state index in [1.807, 2.05) is 73.0 Å². The molecule has 3 aromatic rings. The highest BCUT2D eigenvalue weighted by Crippen LogP contribution is 2.44. The van der Waals surface area contributed by atoms with Gasteiger partial charge in [-0.15, -0.1) is 11.8 Å². The van der Waals surface area contributed by atoms with Crippen LogP contribution in [0.15, 0.2) is 77.7 Å². The van der Waals surface area contributed by atoms with Gasteiger partial charge >= 0.3 is 12.1 Å². The van der Waals surface area contributed by atoms with Crippen LogP contribution < -0.4 is 10.6 Å². The molecule has 0 radical (unpaired) electrons. The summed E-state index contributed by atoms with van der Waals surface area (Å²) < 4.78 is 5.53. The summed E-state index contributed by atoms with van der Waals surface area (Å²) >= 11 is 1.53. The first-order valence-electron chi connectivity index (χ1n) is 11.2. The number of anilines is 1. The van der Waals surface area contributed by atoms with E-state index in [-0.39, 0.29) is 25.4 Å². The Hall–Kier alpha value is -3.78. The first-order valence-corrected chi connectivity index (χ1v) is 12.5. The van der Waals surface area contributed by atoms with Crippen LogP contribution >= 0.6 is 11.8 Å². The largest absolute Gasteiger partial charge is 0.481 e. The topological polar surface area (TPSA) is 105 Å². The molecule has 0 aliphatic heterocycles. The maximum absolute atomic E-state index is 12.9. The minimum absolute atomic E-state index is 0.0619. The van der Waals surface area contributed by atoms with Crippen molar-refractivity contribution in [3.8, 4) is 11.1 Å². The number of hydrogen-bond acceptors (Lipinski definition) is 5. The lowest BCUT2D eigenvalue weighted by Crippen LogP contribution is -2.44. The first kappa shape index (κ1) is 24.3. The van der Waals surface area contributed by atoms with Gasteiger partial charge in [-0.2, -0.15) is 0 Å². The molecule has 0 spiro atoms. The highest BCUT2D eigenvalue weighted by molar-refractivity contribution is 7.98. The van der Waals surface area contributed by atoms with Crippen LogP contribution in [0.3, 0.4) is 0 Å². The third kappa shape index (κ3) is 5.84. The van der Waals surface area contributed by atoms with E-state index in [0.717, 1.165) is 27.1 Å². The molecule has 180 valence electrons. The molecule has 2 amide bonds. The summed E-state index contributed by atoms with van der Waals surface area (Å²) in [5, 5.41) is 14.4. The summed E-state index contributed by atoms with van der Waals surface area (Å²) in [4.78, 5) is 37.6. The summed E-state index contributed by atoms with van der Waals surface area (Å²) in [7, 11) is 0. The number of fused-ring (bicyclic) bond motifs is 3. The zero-order valence-corrected chi connectivity index (χ0v) is 20.0. The van der Waals surface area contributed by atoms with Crippen LogP contribution in [0.4, 0.5) is 10.5 Å². The van der Waals surface area contributed by atoms with Crippen LogP contribution in [0.1, 0.15) is 29.9 Å². The number of amides is 2. The number of aliphatic carboxylic acids is 1. The highest BCUT2D eigenvalue weighted by Gasteiger charge is 2.30. The second-order valence-electron chi connectivity index (χ2n) is 8.18. The number of carbonyl (C=O) groups is 3. The van der Waals surface area contributed by atoms with Gasteiger partial charge < -0.3 is 20.5 Å². The summed E-state index contributed by atoms with van der Waals surface area (Å²) in [5.74, 6) is -1.67. The second kappa shape index (κ2) is 11.1. The fourth-order valence-electron chi connectivity index (χ4n) is 4.25. The fraction of sp³-hybridized carbons (Fsp3) is 0.222. The number of hydrogen-bond donors (Lipinski definition) is 3. The van der Waals surface area contributed by atoms with E-state index in [1.165, 1.54) is 11.8 Å². The molecule has 35 heavy (non-hydrogen) atoms. The number of nitrogens with one attached hydrogen (secondary N) is 2. The standard InChI is InChI=1S/C27H26N2O5S/c1-35-18-8-6-7-17(15-18)28-26(32)24(13-14-25(30)31)29-27(33)34-16-23-21-11-4-2-9-19(21)20-10-3-5-12-22(20)23/h2-12,15,23-24H,13-14,16H2,1H3,(H,28,32)(H,29,33)(H,30,31). The maximum atomic E-state index is 12.9. The van der Waals surface area contributed by atoms with Crippen LogP contribution in [0.5, 0.6) is 0 Å². The molecular formula is C27H26N2O5S. The van der Waals surface area contributed by atoms with Gasteiger partial charge in [-0.05, 0) is 53.1 Å². The Morgan fingerprint density at radius 2 is 1.63 bits per heavy atom. The molecule has 0 fully saturated rings. The van der Waals surface area contributed by atoms with Crippen LogP contribution in [0.25, 0.3) is 11.1 Å². The van der Waals surface area contributed by atoms with Gasteiger partial charge in [-0.3, -0.25) is 9.59 Å². The zero-order valence-electron chi connectivity index (χ0n) is 19.2. The Morgan fingerprint density at radius 3 is 2.26 bits per heavy atom. The molecule has 0 aromatic heterocycles. The number of carbonyl (C=O) groups excluding carboxylic acids is 2. The van der Waals surface area contributed by atoms with Gasteiger partial charge in [-0.1, -0.05) is 54.6 Å². The average Bonchev–Trinajstić information content (AvgIpc) is 3.19. The van der Waals surface area contributed by atoms with Gasteiger partial charge in [0.25, 0.3) is 0 Å². The third-order valence-corrected chi connectivity index (χ3v) is 6.66. The van der Waals surface area contributed by atoms with Crippen LogP contribution in [-0.4, -0.2) is 42.0 Å². The lowest BCUT2D eigenvalue weighted by Gasteiger charge is -2.19. The Balaban J connectivity index is 1.42. The molecule has 0 saturated heterocycles. The number of benzene rings is 3. The van der Waals surface area contributed by atoms with E-state index < -0.39 is 24.0 Å². The molecule has 7 nitrogen and oxygen atoms in total. The van der Waals surface area contributed by atoms with Gasteiger partial charge in [0.15, 0.2) is 0 Å². The predicted octanol–water partition coefficient (Wildman–Crippen LogP) is 5.12. The molecule has 1 aliphatic rings. The quantitative estimate of drug-likeness (QED) is 0.360. The van der Waals surface area contributed by atoms with Crippen LogP contribution in [-0.2, 0) is 14.3 Å². The molecule has 0 heterocycles. The van der Waals surface area contributed by atoms with Gasteiger partial charge in [0.05, 0.1) is 0 Å². The monoisotopic (exact) mass is 490 g/mol. The fourth-order valence-corrected chi connectivity index (χ4v) is 4.71. The average molecular weight is 491 g/mol. The molecule has 1 atom stereocenters. The van der Waals surface area contributed by atoms with Gasteiger partial charge in [0, 0.05) is 22.9 Å². The summed E-state index contributed by atoms with van der Waals surface area (Å²) in [6.45, 7) is 0.100. The SMILES string of the molecule is CSc1cccc(NC(=O)C(CCC(=O)O)NC(=O)OCC2c3ccccc3-c3ccccc32)c1. The van der Waals surface area contributed by atoms with Crippen molar-refractivity contribution in [2.45, 2.75) is 29.7 Å². The molecule has 1 unspecified atom stereocenters. The van der Waals surface area contributed by atoms with E-state index in [9.17, 15) is 14.4 Å². The minimum atomic E-state index is -1.06. The normalized spacial score (nSPS) is 12.8. The van der Waals surface area contributed by atoms with Crippen molar-refractivity contribution >= 4 is 35.4 Å². The molecule has 0 saturated carbocycles. The van der Waals surface area contributed by atoms with E-state index in [4.69, 9.17) is 9.84 Å². The van der Waals surface area contributed by atoms with Crippen molar-refractivity contribution in [1.82, 2.24) is 5.32 Å². The molecule has 1 aliphatic carbocycles. The van der Waals surface area contributed by atoms with Gasteiger partial charge in [0.2, 0.25) is 5.91 Å². The Labute approximate surface area is 207 Å². The van der Waals surface area contributed by atoms with Crippen molar-refractivity contribution in [3.05, 3.63) is 83.9 Å². The predicted molar refractivity (Wildman–Crippen MR) is 136 cm³/mol. The summed E-state index contributed by atoms with van der Waals surface area (Å²) in [6.07, 6.45) is 0.824. The maximum Gasteiger partial charge on any atom is 0.407 e. The summed E-state index contributed by atoms with van der Waals surface area (Å²) in [5.41, 5.74) is 4.95. The highest BCUT2D eigenvalue weighted by atomic mass is 32.2. The van der Waals surface area contributed by atoms with E-state index in [0.29, 0.717) is 5.69 Å². The molecular weight excluding hydrogens is 464 g/mol. The molecule has 0 bridgehead atoms.